The van der Waals surface area contributed by atoms with Gasteiger partial charge in [-0.15, -0.1) is 0 Å². The third kappa shape index (κ3) is 3.26. The van der Waals surface area contributed by atoms with Crippen molar-refractivity contribution in [2.45, 2.75) is 6.42 Å². The highest BCUT2D eigenvalue weighted by Crippen LogP contribution is 2.21. The summed E-state index contributed by atoms with van der Waals surface area (Å²) in [5.41, 5.74) is 1.03. The molecule has 0 unspecified atom stereocenters. The van der Waals surface area contributed by atoms with E-state index in [0.29, 0.717) is 17.9 Å². The zero-order valence-electron chi connectivity index (χ0n) is 9.14. The molecule has 0 saturated carbocycles. The second-order valence-corrected chi connectivity index (χ2v) is 3.53. The van der Waals surface area contributed by atoms with Crippen LogP contribution in [-0.2, 0) is 6.42 Å². The lowest BCUT2D eigenvalue weighted by Crippen LogP contribution is -1.91. The van der Waals surface area contributed by atoms with Gasteiger partial charge in [-0.05, 0) is 30.2 Å². The van der Waals surface area contributed by atoms with Crippen LogP contribution >= 0.6 is 0 Å². The average molecular weight is 233 g/mol. The van der Waals surface area contributed by atoms with Crippen molar-refractivity contribution >= 4 is 0 Å². The lowest BCUT2D eigenvalue weighted by molar-refractivity contribution is 0.299. The zero-order chi connectivity index (χ0) is 12.1. The van der Waals surface area contributed by atoms with Gasteiger partial charge in [0, 0.05) is 18.9 Å². The molecule has 1 N–H and O–H groups in total. The van der Waals surface area contributed by atoms with Crippen molar-refractivity contribution in [1.29, 1.82) is 0 Å². The average Bonchev–Trinajstić information content (AvgIpc) is 2.32. The van der Waals surface area contributed by atoms with Crippen LogP contribution < -0.4 is 4.74 Å². The van der Waals surface area contributed by atoms with Gasteiger partial charge in [0.05, 0.1) is 0 Å². The molecule has 1 aromatic heterocycles. The normalized spacial score (nSPS) is 10.2. The molecule has 17 heavy (non-hydrogen) atoms. The number of aliphatic hydroxyl groups is 1. The Hall–Kier alpha value is -1.94. The first kappa shape index (κ1) is 11.5. The van der Waals surface area contributed by atoms with Crippen LogP contribution in [0.15, 0.2) is 42.6 Å². The quantitative estimate of drug-likeness (QED) is 0.825. The summed E-state index contributed by atoms with van der Waals surface area (Å²) in [5.74, 6) is 0.462. The molecule has 1 aromatic carbocycles. The SMILES string of the molecule is OCCc1ccc(Oc2ccnc(F)c2)cc1. The van der Waals surface area contributed by atoms with E-state index in [1.807, 2.05) is 12.1 Å². The van der Waals surface area contributed by atoms with E-state index in [0.717, 1.165) is 5.56 Å². The van der Waals surface area contributed by atoms with E-state index >= 15 is 0 Å². The van der Waals surface area contributed by atoms with E-state index in [1.54, 1.807) is 18.2 Å². The Bertz CT molecular complexity index is 485. The van der Waals surface area contributed by atoms with E-state index in [4.69, 9.17) is 9.84 Å². The van der Waals surface area contributed by atoms with Crippen LogP contribution in [-0.4, -0.2) is 16.7 Å². The van der Waals surface area contributed by atoms with Gasteiger partial charge in [-0.25, -0.2) is 4.98 Å². The number of ether oxygens (including phenoxy) is 1. The smallest absolute Gasteiger partial charge is 0.216 e. The molecule has 0 fully saturated rings. The summed E-state index contributed by atoms with van der Waals surface area (Å²) < 4.78 is 18.3. The van der Waals surface area contributed by atoms with Gasteiger partial charge in [-0.3, -0.25) is 0 Å². The molecule has 0 spiro atoms. The maximum Gasteiger partial charge on any atom is 0.216 e. The van der Waals surface area contributed by atoms with Crippen molar-refractivity contribution < 1.29 is 14.2 Å². The molecule has 1 heterocycles. The Kier molecular flexibility index (Phi) is 3.67. The van der Waals surface area contributed by atoms with E-state index in [2.05, 4.69) is 4.98 Å². The molecule has 0 aliphatic rings. The molecule has 2 aromatic rings. The fourth-order valence-corrected chi connectivity index (χ4v) is 1.44. The minimum absolute atomic E-state index is 0.121. The maximum atomic E-state index is 12.8. The third-order valence-corrected chi connectivity index (χ3v) is 2.26. The number of aromatic nitrogens is 1. The third-order valence-electron chi connectivity index (χ3n) is 2.26. The molecule has 0 bridgehead atoms. The van der Waals surface area contributed by atoms with Crippen molar-refractivity contribution in [2.24, 2.45) is 0 Å². The van der Waals surface area contributed by atoms with Gasteiger partial charge in [0.25, 0.3) is 0 Å². The summed E-state index contributed by atoms with van der Waals surface area (Å²) in [7, 11) is 0. The fraction of sp³-hybridized carbons (Fsp3) is 0.154. The summed E-state index contributed by atoms with van der Waals surface area (Å²) >= 11 is 0. The molecular formula is C13H12FNO2. The van der Waals surface area contributed by atoms with Gasteiger partial charge >= 0.3 is 0 Å². The number of rotatable bonds is 4. The first-order valence-corrected chi connectivity index (χ1v) is 5.27. The predicted octanol–water partition coefficient (Wildman–Crippen LogP) is 2.55. The topological polar surface area (TPSA) is 42.4 Å². The van der Waals surface area contributed by atoms with Crippen molar-refractivity contribution in [3.63, 3.8) is 0 Å². The molecule has 0 radical (unpaired) electrons. The van der Waals surface area contributed by atoms with Crippen LogP contribution in [0.25, 0.3) is 0 Å². The monoisotopic (exact) mass is 233 g/mol. The van der Waals surface area contributed by atoms with Gasteiger partial charge in [0.1, 0.15) is 11.5 Å². The lowest BCUT2D eigenvalue weighted by atomic mass is 10.1. The maximum absolute atomic E-state index is 12.8. The standard InChI is InChI=1S/C13H12FNO2/c14-13-9-12(5-7-15-13)17-11-3-1-10(2-4-11)6-8-16/h1-5,7,9,16H,6,8H2. The second-order valence-electron chi connectivity index (χ2n) is 3.53. The van der Waals surface area contributed by atoms with Crippen LogP contribution in [0.1, 0.15) is 5.56 Å². The molecule has 0 aliphatic heterocycles. The Labute approximate surface area is 98.5 Å². The molecular weight excluding hydrogens is 221 g/mol. The van der Waals surface area contributed by atoms with Gasteiger partial charge in [0.2, 0.25) is 5.95 Å². The first-order valence-electron chi connectivity index (χ1n) is 5.27. The van der Waals surface area contributed by atoms with Crippen molar-refractivity contribution in [3.05, 3.63) is 54.1 Å². The first-order chi connectivity index (χ1) is 8.28. The molecule has 0 amide bonds. The van der Waals surface area contributed by atoms with Crippen molar-refractivity contribution in [1.82, 2.24) is 4.98 Å². The number of hydrogen-bond acceptors (Lipinski definition) is 3. The van der Waals surface area contributed by atoms with Gasteiger partial charge in [-0.1, -0.05) is 12.1 Å². The van der Waals surface area contributed by atoms with Crippen molar-refractivity contribution in [2.75, 3.05) is 6.61 Å². The van der Waals surface area contributed by atoms with E-state index in [-0.39, 0.29) is 6.61 Å². The highest BCUT2D eigenvalue weighted by Gasteiger charge is 1.99. The summed E-state index contributed by atoms with van der Waals surface area (Å²) in [6.07, 6.45) is 1.97. The number of hydrogen-bond donors (Lipinski definition) is 1. The lowest BCUT2D eigenvalue weighted by Gasteiger charge is -2.06. The Morgan fingerprint density at radius 2 is 1.88 bits per heavy atom. The molecule has 3 nitrogen and oxygen atoms in total. The summed E-state index contributed by atoms with van der Waals surface area (Å²) in [6, 6.07) is 10.1. The summed E-state index contributed by atoms with van der Waals surface area (Å²) in [6.45, 7) is 0.121. The number of nitrogens with zero attached hydrogens (tertiary/aromatic N) is 1. The number of pyridine rings is 1. The Balaban J connectivity index is 2.08. The summed E-state index contributed by atoms with van der Waals surface area (Å²) in [4.78, 5) is 3.45. The van der Waals surface area contributed by atoms with E-state index in [9.17, 15) is 4.39 Å². The molecule has 0 aliphatic carbocycles. The van der Waals surface area contributed by atoms with Crippen LogP contribution in [0.2, 0.25) is 0 Å². The number of halogens is 1. The van der Waals surface area contributed by atoms with E-state index in [1.165, 1.54) is 12.3 Å². The zero-order valence-corrected chi connectivity index (χ0v) is 9.14. The Morgan fingerprint density at radius 3 is 2.53 bits per heavy atom. The van der Waals surface area contributed by atoms with E-state index < -0.39 is 5.95 Å². The molecule has 0 saturated heterocycles. The van der Waals surface area contributed by atoms with Gasteiger partial charge in [-0.2, -0.15) is 4.39 Å². The number of aliphatic hydroxyl groups excluding tert-OH is 1. The van der Waals surface area contributed by atoms with Crippen LogP contribution in [0.5, 0.6) is 11.5 Å². The predicted molar refractivity (Wildman–Crippen MR) is 61.5 cm³/mol. The second kappa shape index (κ2) is 5.41. The molecule has 88 valence electrons. The fourth-order valence-electron chi connectivity index (χ4n) is 1.44. The number of benzene rings is 1. The Morgan fingerprint density at radius 1 is 1.12 bits per heavy atom. The van der Waals surface area contributed by atoms with Gasteiger partial charge in [0.15, 0.2) is 0 Å². The minimum Gasteiger partial charge on any atom is -0.457 e. The molecule has 2 rings (SSSR count). The highest BCUT2D eigenvalue weighted by molar-refractivity contribution is 5.32. The van der Waals surface area contributed by atoms with Crippen LogP contribution in [0.4, 0.5) is 4.39 Å². The van der Waals surface area contributed by atoms with Crippen LogP contribution in [0.3, 0.4) is 0 Å². The molecule has 0 atom stereocenters. The summed E-state index contributed by atoms with van der Waals surface area (Å²) in [5, 5.41) is 8.77. The van der Waals surface area contributed by atoms with Gasteiger partial charge < -0.3 is 9.84 Å². The highest BCUT2D eigenvalue weighted by atomic mass is 19.1. The van der Waals surface area contributed by atoms with Crippen molar-refractivity contribution in [3.8, 4) is 11.5 Å². The minimum atomic E-state index is -0.570. The van der Waals surface area contributed by atoms with Crippen LogP contribution in [0, 0.1) is 5.95 Å². The largest absolute Gasteiger partial charge is 0.457 e. The molecule has 4 heteroatoms.